The van der Waals surface area contributed by atoms with Gasteiger partial charge in [0, 0.05) is 49.2 Å². The van der Waals surface area contributed by atoms with E-state index in [0.717, 1.165) is 69.7 Å². The zero-order chi connectivity index (χ0) is 19.5. The summed E-state index contributed by atoms with van der Waals surface area (Å²) in [5.41, 5.74) is 5.23. The van der Waals surface area contributed by atoms with E-state index >= 15 is 0 Å². The first-order chi connectivity index (χ1) is 13.7. The molecule has 6 nitrogen and oxygen atoms in total. The first kappa shape index (κ1) is 19.1. The van der Waals surface area contributed by atoms with Gasteiger partial charge in [-0.3, -0.25) is 14.5 Å². The molecule has 6 heteroatoms. The van der Waals surface area contributed by atoms with Crippen molar-refractivity contribution in [2.24, 2.45) is 0 Å². The Morgan fingerprint density at radius 3 is 2.82 bits per heavy atom. The molecule has 1 amide bonds. The van der Waals surface area contributed by atoms with E-state index in [1.54, 1.807) is 0 Å². The summed E-state index contributed by atoms with van der Waals surface area (Å²) in [7, 11) is 0. The fourth-order valence-corrected chi connectivity index (χ4v) is 4.49. The van der Waals surface area contributed by atoms with Crippen molar-refractivity contribution in [1.82, 2.24) is 25.0 Å². The molecule has 4 rings (SSSR count). The highest BCUT2D eigenvalue weighted by atomic mass is 16.2. The molecule has 3 heterocycles. The maximum Gasteiger partial charge on any atom is 0.274 e. The van der Waals surface area contributed by atoms with E-state index < -0.39 is 0 Å². The Kier molecular flexibility index (Phi) is 5.76. The van der Waals surface area contributed by atoms with Crippen molar-refractivity contribution < 1.29 is 4.79 Å². The summed E-state index contributed by atoms with van der Waals surface area (Å²) in [6, 6.07) is 6.50. The molecule has 2 aliphatic rings. The lowest BCUT2D eigenvalue weighted by molar-refractivity contribution is 0.0716. The van der Waals surface area contributed by atoms with Gasteiger partial charge >= 0.3 is 0 Å². The van der Waals surface area contributed by atoms with E-state index in [0.29, 0.717) is 11.7 Å². The van der Waals surface area contributed by atoms with Crippen molar-refractivity contribution in [2.45, 2.75) is 71.5 Å². The molecule has 0 saturated carbocycles. The summed E-state index contributed by atoms with van der Waals surface area (Å²) in [6.45, 7) is 7.45. The highest BCUT2D eigenvalue weighted by Crippen LogP contribution is 2.27. The molecule has 0 bridgehead atoms. The molecular formula is C22H31N5O. The third-order valence-corrected chi connectivity index (χ3v) is 6.01. The predicted molar refractivity (Wildman–Crippen MR) is 109 cm³/mol. The van der Waals surface area contributed by atoms with E-state index in [2.05, 4.69) is 29.4 Å². The Hall–Kier alpha value is -2.21. The van der Waals surface area contributed by atoms with Gasteiger partial charge in [-0.2, -0.15) is 5.10 Å². The topological polar surface area (TPSA) is 63.1 Å². The highest BCUT2D eigenvalue weighted by molar-refractivity contribution is 5.94. The van der Waals surface area contributed by atoms with Gasteiger partial charge in [-0.25, -0.2) is 0 Å². The standard InChI is InChI=1S/C22H31N5O/c1-3-27-20-11-10-17(23-15-18-9-7-8-16(2)24-18)14-19(20)21(25-27)22(28)26-12-5-4-6-13-26/h7-9,17,23H,3-6,10-15H2,1-2H3/t17-/m1/s1. The number of hydrogen-bond donors (Lipinski definition) is 1. The second-order valence-corrected chi connectivity index (χ2v) is 8.03. The Bertz CT molecular complexity index is 837. The van der Waals surface area contributed by atoms with Crippen LogP contribution in [0.4, 0.5) is 0 Å². The SMILES string of the molecule is CCn1nc(C(=O)N2CCCCC2)c2c1CC[C@@H](NCc1cccc(C)n1)C2. The summed E-state index contributed by atoms with van der Waals surface area (Å²) in [4.78, 5) is 19.7. The molecule has 2 aromatic rings. The monoisotopic (exact) mass is 381 g/mol. The van der Waals surface area contributed by atoms with Crippen LogP contribution in [0.2, 0.25) is 0 Å². The van der Waals surface area contributed by atoms with E-state index in [-0.39, 0.29) is 5.91 Å². The van der Waals surface area contributed by atoms with Crippen LogP contribution < -0.4 is 5.32 Å². The fraction of sp³-hybridized carbons (Fsp3) is 0.591. The Labute approximate surface area is 167 Å². The van der Waals surface area contributed by atoms with Gasteiger partial charge in [0.25, 0.3) is 5.91 Å². The number of pyridine rings is 1. The summed E-state index contributed by atoms with van der Waals surface area (Å²) in [5.74, 6) is 0.129. The number of likely N-dealkylation sites (tertiary alicyclic amines) is 1. The first-order valence-electron chi connectivity index (χ1n) is 10.7. The van der Waals surface area contributed by atoms with Crippen molar-refractivity contribution in [1.29, 1.82) is 0 Å². The highest BCUT2D eigenvalue weighted by Gasteiger charge is 2.31. The van der Waals surface area contributed by atoms with E-state index in [9.17, 15) is 4.79 Å². The molecule has 0 unspecified atom stereocenters. The van der Waals surface area contributed by atoms with Gasteiger partial charge in [-0.1, -0.05) is 6.07 Å². The number of nitrogens with zero attached hydrogens (tertiary/aromatic N) is 4. The molecule has 0 spiro atoms. The lowest BCUT2D eigenvalue weighted by atomic mass is 9.90. The molecule has 1 fully saturated rings. The fourth-order valence-electron chi connectivity index (χ4n) is 4.49. The third-order valence-electron chi connectivity index (χ3n) is 6.01. The molecule has 150 valence electrons. The van der Waals surface area contributed by atoms with Crippen LogP contribution >= 0.6 is 0 Å². The average Bonchev–Trinajstić information content (AvgIpc) is 3.10. The number of hydrogen-bond acceptors (Lipinski definition) is 4. The molecule has 1 N–H and O–H groups in total. The van der Waals surface area contributed by atoms with Crippen molar-refractivity contribution in [3.8, 4) is 0 Å². The van der Waals surface area contributed by atoms with Gasteiger partial charge in [0.2, 0.25) is 0 Å². The van der Waals surface area contributed by atoms with Crippen LogP contribution in [0, 0.1) is 6.92 Å². The lowest BCUT2D eigenvalue weighted by Crippen LogP contribution is -2.38. The molecule has 1 aliphatic heterocycles. The van der Waals surface area contributed by atoms with Crippen molar-refractivity contribution in [3.05, 3.63) is 46.5 Å². The number of fused-ring (bicyclic) bond motifs is 1. The Morgan fingerprint density at radius 2 is 2.07 bits per heavy atom. The van der Waals surface area contributed by atoms with E-state index in [4.69, 9.17) is 5.10 Å². The van der Waals surface area contributed by atoms with E-state index in [1.807, 2.05) is 22.6 Å². The quantitative estimate of drug-likeness (QED) is 0.865. The third kappa shape index (κ3) is 3.97. The smallest absolute Gasteiger partial charge is 0.274 e. The number of rotatable bonds is 5. The van der Waals surface area contributed by atoms with Gasteiger partial charge in [-0.15, -0.1) is 0 Å². The van der Waals surface area contributed by atoms with Gasteiger partial charge in [-0.05, 0) is 64.5 Å². The average molecular weight is 382 g/mol. The number of amides is 1. The van der Waals surface area contributed by atoms with Crippen LogP contribution in [-0.4, -0.2) is 44.7 Å². The summed E-state index contributed by atoms with van der Waals surface area (Å²) < 4.78 is 2.05. The van der Waals surface area contributed by atoms with Crippen LogP contribution in [0.15, 0.2) is 18.2 Å². The van der Waals surface area contributed by atoms with E-state index in [1.165, 1.54) is 17.7 Å². The Morgan fingerprint density at radius 1 is 1.25 bits per heavy atom. The van der Waals surface area contributed by atoms with Crippen molar-refractivity contribution in [3.63, 3.8) is 0 Å². The van der Waals surface area contributed by atoms with Gasteiger partial charge in [0.15, 0.2) is 5.69 Å². The second-order valence-electron chi connectivity index (χ2n) is 8.03. The molecule has 28 heavy (non-hydrogen) atoms. The molecule has 0 aromatic carbocycles. The van der Waals surface area contributed by atoms with Crippen LogP contribution in [0.5, 0.6) is 0 Å². The Balaban J connectivity index is 1.50. The number of piperidine rings is 1. The summed E-state index contributed by atoms with van der Waals surface area (Å²) in [6.07, 6.45) is 6.36. The molecule has 1 saturated heterocycles. The summed E-state index contributed by atoms with van der Waals surface area (Å²) >= 11 is 0. The molecular weight excluding hydrogens is 350 g/mol. The number of carbonyl (C=O) groups is 1. The van der Waals surface area contributed by atoms with Gasteiger partial charge < -0.3 is 10.2 Å². The maximum absolute atomic E-state index is 13.1. The van der Waals surface area contributed by atoms with Crippen LogP contribution in [0.1, 0.15) is 65.7 Å². The van der Waals surface area contributed by atoms with Crippen molar-refractivity contribution in [2.75, 3.05) is 13.1 Å². The minimum absolute atomic E-state index is 0.129. The lowest BCUT2D eigenvalue weighted by Gasteiger charge is -2.27. The predicted octanol–water partition coefficient (Wildman–Crippen LogP) is 2.88. The zero-order valence-corrected chi connectivity index (χ0v) is 17.1. The van der Waals surface area contributed by atoms with Crippen molar-refractivity contribution >= 4 is 5.91 Å². The number of aromatic nitrogens is 3. The largest absolute Gasteiger partial charge is 0.337 e. The van der Waals surface area contributed by atoms with Gasteiger partial charge in [0.05, 0.1) is 5.69 Å². The minimum Gasteiger partial charge on any atom is -0.337 e. The van der Waals surface area contributed by atoms with Crippen LogP contribution in [0.25, 0.3) is 0 Å². The van der Waals surface area contributed by atoms with Crippen LogP contribution in [0.3, 0.4) is 0 Å². The second kappa shape index (κ2) is 8.43. The minimum atomic E-state index is 0.129. The molecule has 1 aliphatic carbocycles. The number of aryl methyl sites for hydroxylation is 2. The molecule has 0 radical (unpaired) electrons. The molecule has 2 aromatic heterocycles. The first-order valence-corrected chi connectivity index (χ1v) is 10.7. The normalized spacial score (nSPS) is 19.5. The number of nitrogens with one attached hydrogen (secondary N) is 1. The van der Waals surface area contributed by atoms with Gasteiger partial charge in [0.1, 0.15) is 0 Å². The maximum atomic E-state index is 13.1. The van der Waals surface area contributed by atoms with Crippen LogP contribution in [-0.2, 0) is 25.9 Å². The molecule has 1 atom stereocenters. The zero-order valence-electron chi connectivity index (χ0n) is 17.1. The summed E-state index contributed by atoms with van der Waals surface area (Å²) in [5, 5.41) is 8.39. The number of carbonyl (C=O) groups excluding carboxylic acids is 1.